The van der Waals surface area contributed by atoms with E-state index in [9.17, 15) is 0 Å². The highest BCUT2D eigenvalue weighted by Gasteiger charge is 2.20. The van der Waals surface area contributed by atoms with Crippen molar-refractivity contribution in [2.75, 3.05) is 0 Å². The molecule has 0 saturated carbocycles. The highest BCUT2D eigenvalue weighted by atomic mass is 16.3. The molecule has 52 heavy (non-hydrogen) atoms. The quantitative estimate of drug-likeness (QED) is 0.186. The Bertz CT molecular complexity index is 3200. The summed E-state index contributed by atoms with van der Waals surface area (Å²) in [6.45, 7) is 0. The maximum absolute atomic E-state index is 6.44. The SMILES string of the molecule is c1ccc(-c2nc(-c3cccc4c(-c5cccc6oc7cc8ccncc8cc7c56)cccc34)nc(-c3cccc4oc5ccccc5c34)n2)cc1. The minimum absolute atomic E-state index is 0.588. The van der Waals surface area contributed by atoms with Crippen molar-refractivity contribution in [3.63, 3.8) is 0 Å². The Morgan fingerprint density at radius 1 is 0.365 bits per heavy atom. The molecule has 0 saturated heterocycles. The lowest BCUT2D eigenvalue weighted by Crippen LogP contribution is -2.01. The molecule has 0 aliphatic rings. The summed E-state index contributed by atoms with van der Waals surface area (Å²) in [7, 11) is 0. The van der Waals surface area contributed by atoms with Crippen LogP contribution < -0.4 is 0 Å². The van der Waals surface area contributed by atoms with E-state index in [1.807, 2.05) is 85.2 Å². The van der Waals surface area contributed by atoms with Crippen molar-refractivity contribution in [3.8, 4) is 45.3 Å². The molecule has 0 unspecified atom stereocenters. The summed E-state index contributed by atoms with van der Waals surface area (Å²) in [6, 6.07) is 49.6. The number of benzene rings is 7. The second-order valence-corrected chi connectivity index (χ2v) is 13.0. The molecule has 0 N–H and O–H groups in total. The Labute approximate surface area is 296 Å². The molecule has 0 atom stereocenters. The number of furan rings is 2. The van der Waals surface area contributed by atoms with Crippen LogP contribution in [0.1, 0.15) is 0 Å². The van der Waals surface area contributed by atoms with Crippen molar-refractivity contribution in [2.24, 2.45) is 0 Å². The molecule has 6 heteroatoms. The van der Waals surface area contributed by atoms with Gasteiger partial charge in [0.2, 0.25) is 0 Å². The van der Waals surface area contributed by atoms with Crippen LogP contribution in [-0.2, 0) is 0 Å². The molecule has 4 heterocycles. The summed E-state index contributed by atoms with van der Waals surface area (Å²) in [6.07, 6.45) is 3.72. The second kappa shape index (κ2) is 11.2. The van der Waals surface area contributed by atoms with Gasteiger partial charge in [-0.25, -0.2) is 15.0 Å². The minimum Gasteiger partial charge on any atom is -0.456 e. The summed E-state index contributed by atoms with van der Waals surface area (Å²) < 4.78 is 12.7. The zero-order chi connectivity index (χ0) is 34.2. The first kappa shape index (κ1) is 28.6. The van der Waals surface area contributed by atoms with Gasteiger partial charge in [-0.15, -0.1) is 0 Å². The molecule has 7 aromatic carbocycles. The van der Waals surface area contributed by atoms with Crippen molar-refractivity contribution in [3.05, 3.63) is 158 Å². The Morgan fingerprint density at radius 2 is 0.962 bits per heavy atom. The average molecular weight is 667 g/mol. The van der Waals surface area contributed by atoms with Crippen LogP contribution in [0.5, 0.6) is 0 Å². The van der Waals surface area contributed by atoms with Gasteiger partial charge in [0.25, 0.3) is 0 Å². The van der Waals surface area contributed by atoms with Gasteiger partial charge in [-0.3, -0.25) is 4.98 Å². The lowest BCUT2D eigenvalue weighted by molar-refractivity contribution is 0.669. The van der Waals surface area contributed by atoms with E-state index in [0.717, 1.165) is 93.2 Å². The van der Waals surface area contributed by atoms with Crippen LogP contribution in [0, 0.1) is 0 Å². The summed E-state index contributed by atoms with van der Waals surface area (Å²) in [5, 5.41) is 8.46. The molecule has 11 aromatic rings. The van der Waals surface area contributed by atoms with Crippen molar-refractivity contribution < 1.29 is 8.83 Å². The Balaban J connectivity index is 1.15. The number of hydrogen-bond acceptors (Lipinski definition) is 6. The fourth-order valence-corrected chi connectivity index (χ4v) is 7.67. The van der Waals surface area contributed by atoms with Crippen LogP contribution in [0.3, 0.4) is 0 Å². The Kier molecular flexibility index (Phi) is 6.15. The van der Waals surface area contributed by atoms with Gasteiger partial charge in [0, 0.05) is 56.0 Å². The van der Waals surface area contributed by atoms with Crippen LogP contribution in [0.4, 0.5) is 0 Å². The van der Waals surface area contributed by atoms with Crippen molar-refractivity contribution in [2.45, 2.75) is 0 Å². The van der Waals surface area contributed by atoms with Gasteiger partial charge < -0.3 is 8.83 Å². The fraction of sp³-hybridized carbons (Fsp3) is 0. The van der Waals surface area contributed by atoms with E-state index >= 15 is 0 Å². The van der Waals surface area contributed by atoms with E-state index in [0.29, 0.717) is 17.5 Å². The van der Waals surface area contributed by atoms with Crippen LogP contribution in [0.15, 0.2) is 167 Å². The number of hydrogen-bond donors (Lipinski definition) is 0. The van der Waals surface area contributed by atoms with Gasteiger partial charge >= 0.3 is 0 Å². The third-order valence-corrected chi connectivity index (χ3v) is 10.0. The number of para-hydroxylation sites is 1. The molecular formula is C46H26N4O2. The van der Waals surface area contributed by atoms with Gasteiger partial charge in [0.15, 0.2) is 17.5 Å². The van der Waals surface area contributed by atoms with Crippen LogP contribution in [-0.4, -0.2) is 19.9 Å². The smallest absolute Gasteiger partial charge is 0.164 e. The van der Waals surface area contributed by atoms with Crippen molar-refractivity contribution >= 4 is 65.4 Å². The first-order valence-corrected chi connectivity index (χ1v) is 17.2. The molecule has 0 spiro atoms. The lowest BCUT2D eigenvalue weighted by atomic mass is 9.92. The van der Waals surface area contributed by atoms with E-state index in [2.05, 4.69) is 77.8 Å². The molecule has 6 nitrogen and oxygen atoms in total. The molecular weight excluding hydrogens is 641 g/mol. The molecule has 0 aliphatic heterocycles. The minimum atomic E-state index is 0.588. The van der Waals surface area contributed by atoms with Crippen LogP contribution in [0.2, 0.25) is 0 Å². The highest BCUT2D eigenvalue weighted by molar-refractivity contribution is 6.18. The highest BCUT2D eigenvalue weighted by Crippen LogP contribution is 2.42. The number of aromatic nitrogens is 4. The maximum Gasteiger partial charge on any atom is 0.164 e. The Hall–Kier alpha value is -7.18. The van der Waals surface area contributed by atoms with Gasteiger partial charge in [0.05, 0.1) is 0 Å². The van der Waals surface area contributed by atoms with Gasteiger partial charge in [-0.2, -0.15) is 0 Å². The molecule has 0 bridgehead atoms. The largest absolute Gasteiger partial charge is 0.456 e. The second-order valence-electron chi connectivity index (χ2n) is 13.0. The first-order valence-electron chi connectivity index (χ1n) is 17.2. The number of pyridine rings is 1. The molecule has 242 valence electrons. The lowest BCUT2D eigenvalue weighted by Gasteiger charge is -2.13. The van der Waals surface area contributed by atoms with Gasteiger partial charge in [0.1, 0.15) is 22.3 Å². The number of rotatable bonds is 4. The topological polar surface area (TPSA) is 77.8 Å². The summed E-state index contributed by atoms with van der Waals surface area (Å²) in [5.74, 6) is 1.79. The number of fused-ring (bicyclic) bond motifs is 8. The van der Waals surface area contributed by atoms with E-state index in [4.69, 9.17) is 23.8 Å². The third-order valence-electron chi connectivity index (χ3n) is 10.0. The maximum atomic E-state index is 6.44. The molecule has 0 radical (unpaired) electrons. The van der Waals surface area contributed by atoms with E-state index in [1.165, 1.54) is 0 Å². The van der Waals surface area contributed by atoms with Crippen LogP contribution in [0.25, 0.3) is 111 Å². The normalized spacial score (nSPS) is 11.8. The number of nitrogens with zero attached hydrogens (tertiary/aromatic N) is 4. The summed E-state index contributed by atoms with van der Waals surface area (Å²) >= 11 is 0. The molecule has 0 fully saturated rings. The van der Waals surface area contributed by atoms with Gasteiger partial charge in [-0.1, -0.05) is 109 Å². The van der Waals surface area contributed by atoms with E-state index in [-0.39, 0.29) is 0 Å². The summed E-state index contributed by atoms with van der Waals surface area (Å²) in [5.41, 5.74) is 8.26. The molecule has 4 aromatic heterocycles. The zero-order valence-electron chi connectivity index (χ0n) is 27.6. The predicted molar refractivity (Wildman–Crippen MR) is 209 cm³/mol. The van der Waals surface area contributed by atoms with Crippen LogP contribution >= 0.6 is 0 Å². The molecule has 11 rings (SSSR count). The first-order chi connectivity index (χ1) is 25.8. The Morgan fingerprint density at radius 3 is 1.81 bits per heavy atom. The average Bonchev–Trinajstić information content (AvgIpc) is 3.77. The molecule has 0 amide bonds. The van der Waals surface area contributed by atoms with Gasteiger partial charge in [-0.05, 0) is 63.7 Å². The molecule has 0 aliphatic carbocycles. The third kappa shape index (κ3) is 4.38. The van der Waals surface area contributed by atoms with E-state index in [1.54, 1.807) is 0 Å². The zero-order valence-corrected chi connectivity index (χ0v) is 27.6. The van der Waals surface area contributed by atoms with Crippen molar-refractivity contribution in [1.82, 2.24) is 19.9 Å². The van der Waals surface area contributed by atoms with Crippen molar-refractivity contribution in [1.29, 1.82) is 0 Å². The standard InChI is InChI=1S/C46H26N4O2/c1-2-10-27(11-3-1)44-48-45(50-46(49-44)36-18-9-21-40-43(36)35-12-4-5-19-38(35)51-40)34-17-7-13-30-31(14-6-15-32(30)34)33-16-8-20-39-42(33)37-24-29-26-47-23-22-28(29)25-41(37)52-39/h1-26H. The van der Waals surface area contributed by atoms with E-state index < -0.39 is 0 Å². The monoisotopic (exact) mass is 666 g/mol. The fourth-order valence-electron chi connectivity index (χ4n) is 7.67. The predicted octanol–water partition coefficient (Wildman–Crippen LogP) is 12.0. The summed E-state index contributed by atoms with van der Waals surface area (Å²) in [4.78, 5) is 19.8.